The molecule has 1 aromatic carbocycles. The molecule has 1 rings (SSSR count). The Labute approximate surface area is 97.7 Å². The molecule has 0 radical (unpaired) electrons. The van der Waals surface area contributed by atoms with Gasteiger partial charge in [-0.15, -0.1) is 11.6 Å². The maximum atomic E-state index is 6.04. The van der Waals surface area contributed by atoms with Gasteiger partial charge in [-0.3, -0.25) is 0 Å². The number of hydrogen-bond donors (Lipinski definition) is 0. The molecule has 0 spiro atoms. The maximum absolute atomic E-state index is 6.04. The number of hydrogen-bond acceptors (Lipinski definition) is 0. The van der Waals surface area contributed by atoms with Gasteiger partial charge in [-0.25, -0.2) is 0 Å². The summed E-state index contributed by atoms with van der Waals surface area (Å²) in [5.74, 6) is 0. The van der Waals surface area contributed by atoms with E-state index in [0.29, 0.717) is 5.02 Å². The van der Waals surface area contributed by atoms with Crippen LogP contribution in [-0.2, 0) is 4.33 Å². The van der Waals surface area contributed by atoms with Gasteiger partial charge in [0.05, 0.1) is 5.38 Å². The molecule has 72 valence electrons. The monoisotopic (exact) mass is 256 g/mol. The Balaban J connectivity index is 3.01. The second-order valence-corrected chi connectivity index (χ2v) is 5.22. The predicted octanol–water partition coefficient (Wildman–Crippen LogP) is 4.60. The van der Waals surface area contributed by atoms with Crippen molar-refractivity contribution < 1.29 is 0 Å². The third kappa shape index (κ3) is 2.66. The molecular formula is C9H8Cl4. The van der Waals surface area contributed by atoms with Crippen LogP contribution in [0, 0.1) is 0 Å². The zero-order valence-electron chi connectivity index (χ0n) is 6.90. The van der Waals surface area contributed by atoms with Crippen LogP contribution in [0.25, 0.3) is 0 Å². The van der Waals surface area contributed by atoms with Gasteiger partial charge in [-0.05, 0) is 24.6 Å². The van der Waals surface area contributed by atoms with Crippen molar-refractivity contribution in [2.75, 3.05) is 0 Å². The highest BCUT2D eigenvalue weighted by Gasteiger charge is 2.32. The molecule has 1 unspecified atom stereocenters. The van der Waals surface area contributed by atoms with E-state index in [-0.39, 0.29) is 5.38 Å². The Morgan fingerprint density at radius 1 is 1.15 bits per heavy atom. The van der Waals surface area contributed by atoms with Crippen LogP contribution >= 0.6 is 46.4 Å². The Morgan fingerprint density at radius 2 is 1.62 bits per heavy atom. The lowest BCUT2D eigenvalue weighted by atomic mass is 10.1. The first-order valence-electron chi connectivity index (χ1n) is 3.72. The predicted molar refractivity (Wildman–Crippen MR) is 60.2 cm³/mol. The van der Waals surface area contributed by atoms with E-state index in [9.17, 15) is 0 Å². The molecule has 0 saturated heterocycles. The molecule has 4 heteroatoms. The average molecular weight is 258 g/mol. The molecule has 0 heterocycles. The van der Waals surface area contributed by atoms with Gasteiger partial charge in [-0.2, -0.15) is 0 Å². The Kier molecular flexibility index (Phi) is 3.76. The minimum absolute atomic E-state index is 0.364. The Bertz CT molecular complexity index is 276. The third-order valence-corrected chi connectivity index (χ3v) is 3.62. The largest absolute Gasteiger partial charge is 0.159 e. The van der Waals surface area contributed by atoms with Gasteiger partial charge in [0.2, 0.25) is 0 Å². The van der Waals surface area contributed by atoms with Crippen LogP contribution in [0.15, 0.2) is 24.3 Å². The van der Waals surface area contributed by atoms with Crippen LogP contribution in [0.1, 0.15) is 12.5 Å². The molecule has 1 atom stereocenters. The van der Waals surface area contributed by atoms with Crippen molar-refractivity contribution in [3.8, 4) is 0 Å². The SMILES string of the molecule is CC(Cl)C(Cl)(Cl)c1ccc(Cl)cc1. The van der Waals surface area contributed by atoms with Crippen LogP contribution in [0.5, 0.6) is 0 Å². The van der Waals surface area contributed by atoms with E-state index in [0.717, 1.165) is 5.56 Å². The zero-order valence-corrected chi connectivity index (χ0v) is 9.92. The molecule has 1 aromatic rings. The van der Waals surface area contributed by atoms with Crippen molar-refractivity contribution in [1.82, 2.24) is 0 Å². The highest BCUT2D eigenvalue weighted by atomic mass is 35.5. The van der Waals surface area contributed by atoms with Crippen LogP contribution < -0.4 is 0 Å². The van der Waals surface area contributed by atoms with Crippen molar-refractivity contribution in [1.29, 1.82) is 0 Å². The summed E-state index contributed by atoms with van der Waals surface area (Å²) in [6.07, 6.45) is 0. The van der Waals surface area contributed by atoms with Crippen molar-refractivity contribution >= 4 is 46.4 Å². The summed E-state index contributed by atoms with van der Waals surface area (Å²) in [6.45, 7) is 1.75. The minimum Gasteiger partial charge on any atom is -0.120 e. The van der Waals surface area contributed by atoms with Crippen LogP contribution in [0.2, 0.25) is 5.02 Å². The van der Waals surface area contributed by atoms with E-state index < -0.39 is 4.33 Å². The number of halogens is 4. The lowest BCUT2D eigenvalue weighted by Crippen LogP contribution is -2.20. The first-order valence-corrected chi connectivity index (χ1v) is 5.29. The van der Waals surface area contributed by atoms with E-state index >= 15 is 0 Å². The Hall–Kier alpha value is 0.380. The van der Waals surface area contributed by atoms with Gasteiger partial charge in [-0.1, -0.05) is 46.9 Å². The van der Waals surface area contributed by atoms with Crippen molar-refractivity contribution in [2.45, 2.75) is 16.6 Å². The average Bonchev–Trinajstić information content (AvgIpc) is 2.04. The first kappa shape index (κ1) is 11.5. The molecule has 0 aliphatic rings. The highest BCUT2D eigenvalue weighted by Crippen LogP contribution is 2.40. The van der Waals surface area contributed by atoms with E-state index in [1.54, 1.807) is 31.2 Å². The molecule has 0 fully saturated rings. The molecule has 0 bridgehead atoms. The summed E-state index contributed by atoms with van der Waals surface area (Å²) in [6, 6.07) is 6.99. The molecule has 0 aliphatic carbocycles. The topological polar surface area (TPSA) is 0 Å². The zero-order chi connectivity index (χ0) is 10.1. The van der Waals surface area contributed by atoms with E-state index in [1.807, 2.05) is 0 Å². The van der Waals surface area contributed by atoms with E-state index in [2.05, 4.69) is 0 Å². The lowest BCUT2D eigenvalue weighted by Gasteiger charge is -2.22. The number of alkyl halides is 3. The standard InChI is InChI=1S/C9H8Cl4/c1-6(10)9(12,13)7-2-4-8(11)5-3-7/h2-6H,1H3. The van der Waals surface area contributed by atoms with Gasteiger partial charge in [0.1, 0.15) is 0 Å². The summed E-state index contributed by atoms with van der Waals surface area (Å²) < 4.78 is -1.06. The number of benzene rings is 1. The maximum Gasteiger partial charge on any atom is 0.159 e. The van der Waals surface area contributed by atoms with E-state index in [4.69, 9.17) is 46.4 Å². The lowest BCUT2D eigenvalue weighted by molar-refractivity contribution is 0.815. The molecular weight excluding hydrogens is 250 g/mol. The first-order chi connectivity index (χ1) is 5.94. The fraction of sp³-hybridized carbons (Fsp3) is 0.333. The second kappa shape index (κ2) is 4.27. The fourth-order valence-electron chi connectivity index (χ4n) is 0.902. The van der Waals surface area contributed by atoms with Gasteiger partial charge in [0.15, 0.2) is 4.33 Å². The van der Waals surface area contributed by atoms with Gasteiger partial charge >= 0.3 is 0 Å². The van der Waals surface area contributed by atoms with Crippen LogP contribution in [-0.4, -0.2) is 5.38 Å². The normalized spacial score (nSPS) is 14.2. The van der Waals surface area contributed by atoms with Gasteiger partial charge < -0.3 is 0 Å². The number of rotatable bonds is 2. The quantitative estimate of drug-likeness (QED) is 0.680. The second-order valence-electron chi connectivity index (χ2n) is 2.75. The van der Waals surface area contributed by atoms with Crippen LogP contribution in [0.3, 0.4) is 0 Å². The molecule has 0 nitrogen and oxygen atoms in total. The molecule has 0 saturated carbocycles. The van der Waals surface area contributed by atoms with Crippen molar-refractivity contribution in [2.24, 2.45) is 0 Å². The third-order valence-electron chi connectivity index (χ3n) is 1.73. The van der Waals surface area contributed by atoms with Crippen molar-refractivity contribution in [3.05, 3.63) is 34.9 Å². The van der Waals surface area contributed by atoms with Crippen LogP contribution in [0.4, 0.5) is 0 Å². The molecule has 0 aliphatic heterocycles. The molecule has 0 aromatic heterocycles. The minimum atomic E-state index is -1.06. The van der Waals surface area contributed by atoms with E-state index in [1.165, 1.54) is 0 Å². The van der Waals surface area contributed by atoms with Crippen molar-refractivity contribution in [3.63, 3.8) is 0 Å². The molecule has 0 amide bonds. The highest BCUT2D eigenvalue weighted by molar-refractivity contribution is 6.51. The Morgan fingerprint density at radius 3 is 2.00 bits per heavy atom. The molecule has 0 N–H and O–H groups in total. The summed E-state index contributed by atoms with van der Waals surface area (Å²) >= 11 is 23.6. The summed E-state index contributed by atoms with van der Waals surface area (Å²) in [4.78, 5) is 0. The van der Waals surface area contributed by atoms with Gasteiger partial charge in [0.25, 0.3) is 0 Å². The summed E-state index contributed by atoms with van der Waals surface area (Å²) in [7, 11) is 0. The fourth-order valence-corrected chi connectivity index (χ4v) is 1.41. The van der Waals surface area contributed by atoms with Gasteiger partial charge in [0, 0.05) is 5.02 Å². The summed E-state index contributed by atoms with van der Waals surface area (Å²) in [5.41, 5.74) is 0.753. The summed E-state index contributed by atoms with van der Waals surface area (Å²) in [5, 5.41) is 0.284. The molecule has 13 heavy (non-hydrogen) atoms. The smallest absolute Gasteiger partial charge is 0.120 e.